The zero-order valence-electron chi connectivity index (χ0n) is 10.8. The minimum Gasteiger partial charge on any atom is -0.381 e. The van der Waals surface area contributed by atoms with E-state index in [2.05, 4.69) is 4.98 Å². The van der Waals surface area contributed by atoms with E-state index in [0.717, 1.165) is 0 Å². The van der Waals surface area contributed by atoms with Crippen molar-refractivity contribution in [1.29, 1.82) is 0 Å². The number of nitrogens with zero attached hydrogens (tertiary/aromatic N) is 2. The third-order valence-corrected chi connectivity index (χ3v) is 3.39. The summed E-state index contributed by atoms with van der Waals surface area (Å²) in [5.41, 5.74) is 4.15. The van der Waals surface area contributed by atoms with Gasteiger partial charge in [-0.3, -0.25) is 4.57 Å². The quantitative estimate of drug-likeness (QED) is 0.820. The minimum absolute atomic E-state index is 0.603. The molecule has 4 atom stereocenters. The summed E-state index contributed by atoms with van der Waals surface area (Å²) in [7, 11) is -2.82. The number of aromatic nitrogens is 2. The lowest BCUT2D eigenvalue weighted by molar-refractivity contribution is -0.153. The zero-order chi connectivity index (χ0) is 15.7. The second kappa shape index (κ2) is 6.00. The van der Waals surface area contributed by atoms with E-state index < -0.39 is 56.0 Å². The van der Waals surface area contributed by atoms with Gasteiger partial charge in [0.05, 0.1) is 6.20 Å². The van der Waals surface area contributed by atoms with Gasteiger partial charge in [0.25, 0.3) is 0 Å². The van der Waals surface area contributed by atoms with Crippen LogP contribution in [0.15, 0.2) is 11.0 Å². The highest BCUT2D eigenvalue weighted by atomic mass is 31.1. The minimum atomic E-state index is -2.82. The summed E-state index contributed by atoms with van der Waals surface area (Å²) in [6, 6.07) is 0. The van der Waals surface area contributed by atoms with Gasteiger partial charge in [-0.15, -0.1) is 0 Å². The maximum absolute atomic E-state index is 14.2. The fourth-order valence-corrected chi connectivity index (χ4v) is 2.20. The molecule has 0 radical (unpaired) electrons. The van der Waals surface area contributed by atoms with Crippen LogP contribution in [0.4, 0.5) is 14.6 Å². The van der Waals surface area contributed by atoms with Crippen LogP contribution in [0, 0.1) is 11.7 Å². The number of halogens is 2. The first-order valence-electron chi connectivity index (χ1n) is 5.88. The third kappa shape index (κ3) is 3.17. The highest BCUT2D eigenvalue weighted by molar-refractivity contribution is 7.30. The third-order valence-electron chi connectivity index (χ3n) is 3.03. The summed E-state index contributed by atoms with van der Waals surface area (Å²) in [5, 5.41) is 0. The molecule has 0 amide bonds. The number of hydrogen-bond donors (Lipinski definition) is 1. The van der Waals surface area contributed by atoms with E-state index in [9.17, 15) is 22.7 Å². The molecule has 11 heteroatoms. The Balaban J connectivity index is 2.25. The fraction of sp³-hybridized carbons (Fsp3) is 0.600. The molecule has 1 aliphatic heterocycles. The average Bonchev–Trinajstić information content (AvgIpc) is 2.68. The van der Waals surface area contributed by atoms with Crippen LogP contribution in [0.2, 0.25) is 0 Å². The van der Waals surface area contributed by atoms with Gasteiger partial charge < -0.3 is 15.2 Å². The Morgan fingerprint density at radius 3 is 2.86 bits per heavy atom. The van der Waals surface area contributed by atoms with Crippen LogP contribution in [0.25, 0.3) is 0 Å². The molecule has 0 aromatic carbocycles. The normalized spacial score (nSPS) is 28.7. The molecule has 2 rings (SSSR count). The van der Waals surface area contributed by atoms with Crippen LogP contribution in [0.5, 0.6) is 0 Å². The molecule has 1 aliphatic rings. The van der Waals surface area contributed by atoms with Crippen molar-refractivity contribution in [2.75, 3.05) is 12.1 Å². The summed E-state index contributed by atoms with van der Waals surface area (Å²) in [4.78, 5) is 14.8. The predicted molar refractivity (Wildman–Crippen MR) is 65.1 cm³/mol. The average molecular weight is 323 g/mol. The van der Waals surface area contributed by atoms with E-state index in [0.29, 0.717) is 10.8 Å². The SMILES string of the molecule is C[C@@H]1[C@@H](OCP(=O)=O)O[C@@H](n2cc(F)c(N)nc2=O)[C@H]1F. The predicted octanol–water partition coefficient (Wildman–Crippen LogP) is 0.941. The molecule has 0 bridgehead atoms. The van der Waals surface area contributed by atoms with Crippen molar-refractivity contribution in [3.05, 3.63) is 22.5 Å². The number of hydrogen-bond acceptors (Lipinski definition) is 7. The summed E-state index contributed by atoms with van der Waals surface area (Å²) in [5.74, 6) is -2.45. The smallest absolute Gasteiger partial charge is 0.351 e. The van der Waals surface area contributed by atoms with Crippen molar-refractivity contribution in [1.82, 2.24) is 9.55 Å². The van der Waals surface area contributed by atoms with E-state index in [1.807, 2.05) is 0 Å². The van der Waals surface area contributed by atoms with Gasteiger partial charge in [0.1, 0.15) is 0 Å². The molecule has 0 aliphatic carbocycles. The lowest BCUT2D eigenvalue weighted by Crippen LogP contribution is -2.32. The molecule has 8 nitrogen and oxygen atoms in total. The van der Waals surface area contributed by atoms with Crippen molar-refractivity contribution in [2.24, 2.45) is 5.92 Å². The van der Waals surface area contributed by atoms with E-state index in [1.54, 1.807) is 0 Å². The monoisotopic (exact) mass is 323 g/mol. The topological polar surface area (TPSA) is 114 Å². The van der Waals surface area contributed by atoms with Gasteiger partial charge in [0, 0.05) is 5.92 Å². The van der Waals surface area contributed by atoms with E-state index >= 15 is 0 Å². The van der Waals surface area contributed by atoms with Crippen LogP contribution in [0.1, 0.15) is 13.2 Å². The van der Waals surface area contributed by atoms with E-state index in [1.165, 1.54) is 6.92 Å². The molecule has 1 aromatic rings. The summed E-state index contributed by atoms with van der Waals surface area (Å²) in [6.45, 7) is 1.42. The lowest BCUT2D eigenvalue weighted by atomic mass is 10.1. The van der Waals surface area contributed by atoms with E-state index in [-0.39, 0.29) is 0 Å². The van der Waals surface area contributed by atoms with Gasteiger partial charge in [-0.05, 0) is 0 Å². The van der Waals surface area contributed by atoms with Gasteiger partial charge in [-0.25, -0.2) is 22.7 Å². The lowest BCUT2D eigenvalue weighted by Gasteiger charge is -2.16. The highest BCUT2D eigenvalue weighted by Gasteiger charge is 2.45. The molecule has 1 saturated heterocycles. The van der Waals surface area contributed by atoms with Crippen molar-refractivity contribution in [3.63, 3.8) is 0 Å². The summed E-state index contributed by atoms with van der Waals surface area (Å²) >= 11 is 0. The van der Waals surface area contributed by atoms with Crippen molar-refractivity contribution in [2.45, 2.75) is 25.6 Å². The Morgan fingerprint density at radius 2 is 2.24 bits per heavy atom. The molecule has 21 heavy (non-hydrogen) atoms. The molecular formula is C10H12F2N3O5P. The number of alkyl halides is 1. The van der Waals surface area contributed by atoms with Crippen molar-refractivity contribution >= 4 is 13.5 Å². The number of rotatable bonds is 4. The van der Waals surface area contributed by atoms with Crippen LogP contribution < -0.4 is 11.4 Å². The van der Waals surface area contributed by atoms with Crippen LogP contribution >= 0.6 is 7.68 Å². The van der Waals surface area contributed by atoms with Crippen LogP contribution in [0.3, 0.4) is 0 Å². The number of anilines is 1. The molecule has 0 spiro atoms. The fourth-order valence-electron chi connectivity index (χ4n) is 1.93. The Morgan fingerprint density at radius 1 is 1.57 bits per heavy atom. The molecule has 0 unspecified atom stereocenters. The van der Waals surface area contributed by atoms with Gasteiger partial charge >= 0.3 is 13.4 Å². The first-order chi connectivity index (χ1) is 9.81. The molecule has 1 aromatic heterocycles. The maximum Gasteiger partial charge on any atom is 0.351 e. The van der Waals surface area contributed by atoms with E-state index in [4.69, 9.17) is 15.2 Å². The Labute approximate surface area is 117 Å². The number of nitrogen functional groups attached to an aromatic ring is 1. The Bertz CT molecular complexity index is 657. The summed E-state index contributed by atoms with van der Waals surface area (Å²) in [6.07, 6.45) is -4.31. The maximum atomic E-state index is 14.2. The molecule has 2 N–H and O–H groups in total. The molecule has 1 fully saturated rings. The molecule has 2 heterocycles. The first-order valence-corrected chi connectivity index (χ1v) is 7.24. The number of ether oxygens (including phenoxy) is 2. The van der Waals surface area contributed by atoms with Gasteiger partial charge in [0.2, 0.25) is 0 Å². The Hall–Kier alpha value is -1.64. The zero-order valence-corrected chi connectivity index (χ0v) is 11.7. The standard InChI is InChI=1S/C10H12F2N3O5P/c1-4-6(12)8(20-9(4)19-3-21(17)18)15-2-5(11)7(13)14-10(15)16/h2,4,6,8-9H,3H2,1H3,(H2,13,14,16)/t4-,6-,8+,9-/m0/s1. The Kier molecular flexibility index (Phi) is 4.50. The van der Waals surface area contributed by atoms with Gasteiger partial charge in [-0.1, -0.05) is 6.92 Å². The van der Waals surface area contributed by atoms with Gasteiger partial charge in [0.15, 0.2) is 36.7 Å². The molecule has 0 saturated carbocycles. The first kappa shape index (κ1) is 15.7. The van der Waals surface area contributed by atoms with Crippen LogP contribution in [-0.2, 0) is 18.6 Å². The largest absolute Gasteiger partial charge is 0.381 e. The number of nitrogens with two attached hydrogens (primary N) is 1. The van der Waals surface area contributed by atoms with Crippen molar-refractivity contribution < 1.29 is 27.4 Å². The second-order valence-electron chi connectivity index (χ2n) is 4.49. The summed E-state index contributed by atoms with van der Waals surface area (Å²) < 4.78 is 59.1. The van der Waals surface area contributed by atoms with Gasteiger partial charge in [-0.2, -0.15) is 4.98 Å². The van der Waals surface area contributed by atoms with Crippen LogP contribution in [-0.4, -0.2) is 28.4 Å². The molecule has 116 valence electrons. The van der Waals surface area contributed by atoms with Crippen molar-refractivity contribution in [3.8, 4) is 0 Å². The highest BCUT2D eigenvalue weighted by Crippen LogP contribution is 2.36. The second-order valence-corrected chi connectivity index (χ2v) is 5.41. The molecular weight excluding hydrogens is 311 g/mol.